The Morgan fingerprint density at radius 3 is 2.40 bits per heavy atom. The molecule has 4 heteroatoms. The minimum absolute atomic E-state index is 0.252. The van der Waals surface area contributed by atoms with Gasteiger partial charge in [-0.1, -0.05) is 20.8 Å². The molecule has 15 heavy (non-hydrogen) atoms. The molecule has 2 atom stereocenters. The van der Waals surface area contributed by atoms with E-state index in [1.165, 1.54) is 0 Å². The van der Waals surface area contributed by atoms with Gasteiger partial charge < -0.3 is 9.47 Å². The highest BCUT2D eigenvalue weighted by Gasteiger charge is 2.50. The number of cyclic esters (lactones) is 1. The van der Waals surface area contributed by atoms with E-state index in [0.29, 0.717) is 5.90 Å². The molecule has 0 amide bonds. The molecule has 86 valence electrons. The van der Waals surface area contributed by atoms with Gasteiger partial charge in [0.1, 0.15) is 6.04 Å². The van der Waals surface area contributed by atoms with Crippen molar-refractivity contribution in [1.29, 1.82) is 0 Å². The summed E-state index contributed by atoms with van der Waals surface area (Å²) in [6, 6.07) is -0.477. The van der Waals surface area contributed by atoms with E-state index in [4.69, 9.17) is 9.47 Å². The molecule has 1 aliphatic rings. The van der Waals surface area contributed by atoms with Crippen LogP contribution in [0.15, 0.2) is 4.99 Å². The molecule has 0 saturated heterocycles. The van der Waals surface area contributed by atoms with Gasteiger partial charge in [-0.25, -0.2) is 9.79 Å². The fourth-order valence-electron chi connectivity index (χ4n) is 1.40. The summed E-state index contributed by atoms with van der Waals surface area (Å²) in [5.41, 5.74) is -1.04. The van der Waals surface area contributed by atoms with Gasteiger partial charge in [0.2, 0.25) is 5.90 Å². The number of ether oxygens (including phenoxy) is 2. The van der Waals surface area contributed by atoms with E-state index in [2.05, 4.69) is 4.99 Å². The molecule has 0 spiro atoms. The summed E-state index contributed by atoms with van der Waals surface area (Å²) in [5, 5.41) is 0. The molecule has 0 aromatic carbocycles. The predicted molar refractivity (Wildman–Crippen MR) is 57.9 cm³/mol. The lowest BCUT2D eigenvalue weighted by atomic mass is 9.76. The first-order chi connectivity index (χ1) is 6.72. The smallest absolute Gasteiger partial charge is 0.331 e. The van der Waals surface area contributed by atoms with E-state index in [1.807, 2.05) is 27.7 Å². The number of rotatable bonds is 0. The van der Waals surface area contributed by atoms with Crippen LogP contribution in [0.4, 0.5) is 0 Å². The average molecular weight is 214 g/mol. The Morgan fingerprint density at radius 2 is 2.00 bits per heavy atom. The van der Waals surface area contributed by atoms with E-state index >= 15 is 0 Å². The fourth-order valence-corrected chi connectivity index (χ4v) is 1.40. The molecule has 0 aromatic heterocycles. The minimum Gasteiger partial charge on any atom is -0.481 e. The molecular formula is C11H19NO3. The van der Waals surface area contributed by atoms with Crippen LogP contribution in [0.1, 0.15) is 34.6 Å². The van der Waals surface area contributed by atoms with Gasteiger partial charge >= 0.3 is 5.97 Å². The average Bonchev–Trinajstić information content (AvgIpc) is 2.09. The minimum atomic E-state index is -0.786. The van der Waals surface area contributed by atoms with Crippen molar-refractivity contribution in [2.75, 3.05) is 7.11 Å². The Kier molecular flexibility index (Phi) is 2.81. The van der Waals surface area contributed by atoms with Crippen molar-refractivity contribution in [1.82, 2.24) is 0 Å². The van der Waals surface area contributed by atoms with Crippen LogP contribution in [0.25, 0.3) is 0 Å². The van der Waals surface area contributed by atoms with E-state index in [0.717, 1.165) is 0 Å². The lowest BCUT2D eigenvalue weighted by Gasteiger charge is -2.43. The standard InChI is InChI=1S/C11H19NO3/c1-7-8(13)15-11(5,10(2,3)4)9(12-7)14-6/h7H,1-6H3/t7-,11+/m1/s1/i1+1. The zero-order chi connectivity index (χ0) is 11.9. The van der Waals surface area contributed by atoms with Gasteiger partial charge in [-0.05, 0) is 13.8 Å². The second kappa shape index (κ2) is 3.51. The Balaban J connectivity index is 3.19. The maximum Gasteiger partial charge on any atom is 0.331 e. The zero-order valence-corrected chi connectivity index (χ0v) is 10.2. The maximum atomic E-state index is 11.5. The van der Waals surface area contributed by atoms with E-state index in [-0.39, 0.29) is 11.4 Å². The molecule has 4 nitrogen and oxygen atoms in total. The molecule has 0 saturated carbocycles. The topological polar surface area (TPSA) is 47.9 Å². The van der Waals surface area contributed by atoms with Gasteiger partial charge in [0.15, 0.2) is 5.60 Å². The molecular weight excluding hydrogens is 195 g/mol. The number of carbonyl (C=O) groups is 1. The van der Waals surface area contributed by atoms with Crippen molar-refractivity contribution in [3.63, 3.8) is 0 Å². The second-order valence-corrected chi connectivity index (χ2v) is 5.02. The summed E-state index contributed by atoms with van der Waals surface area (Å²) < 4.78 is 10.7. The summed E-state index contributed by atoms with van der Waals surface area (Å²) in [4.78, 5) is 15.8. The van der Waals surface area contributed by atoms with E-state index < -0.39 is 11.6 Å². The Hall–Kier alpha value is -1.06. The number of aliphatic imine (C=N–C) groups is 1. The third kappa shape index (κ3) is 1.85. The maximum absolute atomic E-state index is 11.5. The largest absolute Gasteiger partial charge is 0.481 e. The number of nitrogens with zero attached hydrogens (tertiary/aromatic N) is 1. The van der Waals surface area contributed by atoms with Crippen molar-refractivity contribution in [2.24, 2.45) is 10.4 Å². The third-order valence-electron chi connectivity index (χ3n) is 2.99. The van der Waals surface area contributed by atoms with Crippen molar-refractivity contribution < 1.29 is 14.3 Å². The van der Waals surface area contributed by atoms with Gasteiger partial charge in [-0.15, -0.1) is 0 Å². The number of hydrogen-bond donors (Lipinski definition) is 0. The van der Waals surface area contributed by atoms with Crippen LogP contribution in [0.3, 0.4) is 0 Å². The molecule has 1 aliphatic heterocycles. The van der Waals surface area contributed by atoms with Crippen LogP contribution in [-0.4, -0.2) is 30.6 Å². The van der Waals surface area contributed by atoms with Crippen LogP contribution >= 0.6 is 0 Å². The molecule has 0 fully saturated rings. The molecule has 0 aromatic rings. The van der Waals surface area contributed by atoms with Gasteiger partial charge in [-0.3, -0.25) is 0 Å². The third-order valence-corrected chi connectivity index (χ3v) is 2.99. The van der Waals surface area contributed by atoms with E-state index in [1.54, 1.807) is 14.0 Å². The van der Waals surface area contributed by atoms with Gasteiger partial charge in [0.05, 0.1) is 7.11 Å². The first-order valence-corrected chi connectivity index (χ1v) is 5.07. The van der Waals surface area contributed by atoms with Gasteiger partial charge in [-0.2, -0.15) is 0 Å². The Bertz CT molecular complexity index is 303. The molecule has 0 radical (unpaired) electrons. The fraction of sp³-hybridized carbons (Fsp3) is 0.818. The van der Waals surface area contributed by atoms with Crippen molar-refractivity contribution in [3.8, 4) is 0 Å². The Morgan fingerprint density at radius 1 is 1.47 bits per heavy atom. The summed E-state index contributed by atoms with van der Waals surface area (Å²) in [6.07, 6.45) is 0. The van der Waals surface area contributed by atoms with Gasteiger partial charge in [0, 0.05) is 5.41 Å². The van der Waals surface area contributed by atoms with E-state index in [9.17, 15) is 4.79 Å². The lowest BCUT2D eigenvalue weighted by molar-refractivity contribution is -0.165. The zero-order valence-electron chi connectivity index (χ0n) is 10.2. The summed E-state index contributed by atoms with van der Waals surface area (Å²) in [7, 11) is 1.55. The Labute approximate surface area is 90.7 Å². The summed E-state index contributed by atoms with van der Waals surface area (Å²) >= 11 is 0. The van der Waals surface area contributed by atoms with Crippen molar-refractivity contribution in [3.05, 3.63) is 0 Å². The number of methoxy groups -OCH3 is 1. The number of carbonyl (C=O) groups excluding carboxylic acids is 1. The van der Waals surface area contributed by atoms with Crippen LogP contribution in [0, 0.1) is 5.41 Å². The summed E-state index contributed by atoms with van der Waals surface area (Å²) in [5.74, 6) is 0.190. The molecule has 0 aliphatic carbocycles. The van der Waals surface area contributed by atoms with Crippen LogP contribution < -0.4 is 0 Å². The highest BCUT2D eigenvalue weighted by molar-refractivity contribution is 5.94. The highest BCUT2D eigenvalue weighted by Crippen LogP contribution is 2.37. The molecule has 0 bridgehead atoms. The van der Waals surface area contributed by atoms with Crippen LogP contribution in [-0.2, 0) is 14.3 Å². The number of hydrogen-bond acceptors (Lipinski definition) is 4. The lowest BCUT2D eigenvalue weighted by Crippen LogP contribution is -2.55. The normalized spacial score (nSPS) is 32.0. The van der Waals surface area contributed by atoms with Crippen molar-refractivity contribution in [2.45, 2.75) is 46.3 Å². The SMILES string of the molecule is COC1=N[C@H]([13CH3])C(=O)O[C@]1(C)C(C)(C)C. The number of esters is 1. The summed E-state index contributed by atoms with van der Waals surface area (Å²) in [6.45, 7) is 9.50. The molecule has 0 N–H and O–H groups in total. The first kappa shape index (κ1) is 12.0. The predicted octanol–water partition coefficient (Wildman–Crippen LogP) is 1.78. The van der Waals surface area contributed by atoms with Gasteiger partial charge in [0.25, 0.3) is 0 Å². The quantitative estimate of drug-likeness (QED) is 0.456. The highest BCUT2D eigenvalue weighted by atomic mass is 16.6. The monoisotopic (exact) mass is 214 g/mol. The molecule has 1 heterocycles. The van der Waals surface area contributed by atoms with Crippen LogP contribution in [0.2, 0.25) is 0 Å². The van der Waals surface area contributed by atoms with Crippen molar-refractivity contribution >= 4 is 11.9 Å². The first-order valence-electron chi connectivity index (χ1n) is 5.07. The second-order valence-electron chi connectivity index (χ2n) is 5.02. The molecule has 0 unspecified atom stereocenters. The molecule has 1 rings (SSSR count). The van der Waals surface area contributed by atoms with Crippen LogP contribution in [0.5, 0.6) is 0 Å².